The number of hydrogen-bond donors (Lipinski definition) is 3. The summed E-state index contributed by atoms with van der Waals surface area (Å²) >= 11 is 0.605. The lowest BCUT2D eigenvalue weighted by Gasteiger charge is -2.23. The van der Waals surface area contributed by atoms with Crippen molar-refractivity contribution in [1.29, 1.82) is 0 Å². The zero-order valence-electron chi connectivity index (χ0n) is 11.3. The first-order chi connectivity index (χ1) is 9.57. The molecule has 1 atom stereocenters. The number of carbonyl (C=O) groups is 1. The normalized spacial score (nSPS) is 14.5. The Bertz CT molecular complexity index is 599. The summed E-state index contributed by atoms with van der Waals surface area (Å²) in [7, 11) is -2.51. The summed E-state index contributed by atoms with van der Waals surface area (Å²) in [5.41, 5.74) is 0.247. The Morgan fingerprint density at radius 1 is 1.52 bits per heavy atom. The second kappa shape index (κ2) is 7.17. The number of nitrogens with one attached hydrogen (secondary N) is 2. The van der Waals surface area contributed by atoms with Gasteiger partial charge >= 0.3 is 0 Å². The Morgan fingerprint density at radius 3 is 2.76 bits per heavy atom. The fraction of sp³-hybridized carbons (Fsp3) is 0.300. The third-order valence-electron chi connectivity index (χ3n) is 1.95. The molecule has 3 N–H and O–H groups in total. The van der Waals surface area contributed by atoms with Crippen molar-refractivity contribution < 1.29 is 27.7 Å². The number of hydroxylamine groups is 3. The van der Waals surface area contributed by atoms with Gasteiger partial charge in [-0.25, -0.2) is 8.42 Å². The Hall–Kier alpha value is -1.21. The predicted molar refractivity (Wildman–Crippen MR) is 75.0 cm³/mol. The predicted octanol–water partition coefficient (Wildman–Crippen LogP) is 0.195. The Morgan fingerprint density at radius 2 is 2.19 bits per heavy atom. The fourth-order valence-electron chi connectivity index (χ4n) is 1.15. The fourth-order valence-corrected chi connectivity index (χ4v) is 2.02. The first kappa shape index (κ1) is 17.8. The molecule has 1 aromatic carbocycles. The van der Waals surface area contributed by atoms with E-state index in [2.05, 4.69) is 14.3 Å². The topological polar surface area (TPSA) is 128 Å². The lowest BCUT2D eigenvalue weighted by molar-refractivity contribution is -1.18. The van der Waals surface area contributed by atoms with Crippen molar-refractivity contribution in [3.05, 3.63) is 35.0 Å². The molecule has 1 amide bonds. The zero-order valence-corrected chi connectivity index (χ0v) is 12.9. The minimum Gasteiger partial charge on any atom is -0.564 e. The quantitative estimate of drug-likeness (QED) is 0.280. The Labute approximate surface area is 126 Å². The zero-order chi connectivity index (χ0) is 16.1. The molecule has 1 aromatic rings. The SMILES string of the molecule is C[N+]([O-])(O)OSc1cccc(C(=O)NCNS(C)(=O)=O)c1. The van der Waals surface area contributed by atoms with Crippen molar-refractivity contribution in [2.24, 2.45) is 0 Å². The first-order valence-electron chi connectivity index (χ1n) is 5.56. The van der Waals surface area contributed by atoms with Crippen LogP contribution in [0.4, 0.5) is 0 Å². The van der Waals surface area contributed by atoms with E-state index < -0.39 is 20.9 Å². The van der Waals surface area contributed by atoms with E-state index in [0.29, 0.717) is 16.9 Å². The average molecular weight is 337 g/mol. The van der Waals surface area contributed by atoms with Gasteiger partial charge in [0.05, 0.1) is 12.9 Å². The molecule has 1 rings (SSSR count). The van der Waals surface area contributed by atoms with Gasteiger partial charge in [0.15, 0.2) is 0 Å². The van der Waals surface area contributed by atoms with Crippen molar-refractivity contribution in [2.75, 3.05) is 20.0 Å². The van der Waals surface area contributed by atoms with Crippen LogP contribution in [0.1, 0.15) is 10.4 Å². The van der Waals surface area contributed by atoms with E-state index in [4.69, 9.17) is 5.21 Å². The molecule has 11 heteroatoms. The van der Waals surface area contributed by atoms with Crippen LogP contribution in [-0.2, 0) is 14.3 Å². The molecule has 0 aliphatic heterocycles. The lowest BCUT2D eigenvalue weighted by atomic mass is 10.2. The number of hydrogen-bond acceptors (Lipinski definition) is 7. The average Bonchev–Trinajstić information content (AvgIpc) is 2.34. The van der Waals surface area contributed by atoms with Crippen molar-refractivity contribution in [1.82, 2.24) is 10.0 Å². The summed E-state index contributed by atoms with van der Waals surface area (Å²) in [5, 5.41) is 22.0. The summed E-state index contributed by atoms with van der Waals surface area (Å²) in [4.78, 5) is 10.3. The molecule has 118 valence electrons. The molecule has 0 radical (unpaired) electrons. The molecule has 0 fully saturated rings. The minimum absolute atomic E-state index is 0.238. The van der Waals surface area contributed by atoms with Crippen LogP contribution in [0.3, 0.4) is 0 Å². The highest BCUT2D eigenvalue weighted by atomic mass is 32.2. The van der Waals surface area contributed by atoms with E-state index in [-0.39, 0.29) is 12.2 Å². The smallest absolute Gasteiger partial charge is 0.252 e. The van der Waals surface area contributed by atoms with Gasteiger partial charge in [-0.1, -0.05) is 15.3 Å². The largest absolute Gasteiger partial charge is 0.564 e. The molecule has 0 bridgehead atoms. The van der Waals surface area contributed by atoms with Gasteiger partial charge in [-0.05, 0) is 18.2 Å². The van der Waals surface area contributed by atoms with Crippen molar-refractivity contribution in [3.8, 4) is 0 Å². The van der Waals surface area contributed by atoms with E-state index in [1.165, 1.54) is 12.1 Å². The van der Waals surface area contributed by atoms with Crippen molar-refractivity contribution in [3.63, 3.8) is 0 Å². The first-order valence-corrected chi connectivity index (χ1v) is 8.19. The van der Waals surface area contributed by atoms with Crippen molar-refractivity contribution >= 4 is 28.0 Å². The molecular formula is C10H15N3O6S2. The van der Waals surface area contributed by atoms with E-state index in [0.717, 1.165) is 13.3 Å². The van der Waals surface area contributed by atoms with Gasteiger partial charge in [0.1, 0.15) is 19.1 Å². The molecule has 21 heavy (non-hydrogen) atoms. The molecule has 0 spiro atoms. The van der Waals surface area contributed by atoms with E-state index in [1.807, 2.05) is 0 Å². The van der Waals surface area contributed by atoms with Crippen LogP contribution < -0.4 is 10.0 Å². The molecule has 0 aliphatic rings. The number of amides is 1. The summed E-state index contributed by atoms with van der Waals surface area (Å²) in [5.74, 6) is -0.503. The van der Waals surface area contributed by atoms with E-state index in [1.54, 1.807) is 12.1 Å². The van der Waals surface area contributed by atoms with Crippen LogP contribution in [0.15, 0.2) is 29.2 Å². The minimum atomic E-state index is -3.39. The van der Waals surface area contributed by atoms with Crippen LogP contribution in [0.2, 0.25) is 0 Å². The van der Waals surface area contributed by atoms with Crippen LogP contribution in [-0.4, -0.2) is 44.5 Å². The van der Waals surface area contributed by atoms with Crippen LogP contribution in [0, 0.1) is 5.21 Å². The monoisotopic (exact) mass is 337 g/mol. The van der Waals surface area contributed by atoms with Crippen LogP contribution >= 0.6 is 12.0 Å². The number of quaternary nitrogens is 1. The molecule has 0 aliphatic carbocycles. The third kappa shape index (κ3) is 7.96. The van der Waals surface area contributed by atoms with Gasteiger partial charge in [0, 0.05) is 10.5 Å². The van der Waals surface area contributed by atoms with Crippen LogP contribution in [0.5, 0.6) is 0 Å². The Kier molecular flexibility index (Phi) is 6.10. The lowest BCUT2D eigenvalue weighted by Crippen LogP contribution is -2.36. The second-order valence-corrected chi connectivity index (χ2v) is 6.71. The standard InChI is InChI=1S/C10H15N3O6S2/c1-13(15,16)19-20-9-5-3-4-8(6-9)10(14)11-7-12-21(2,17)18/h3-6,12,15H,7H2,1-2H3,(H,11,14). The second-order valence-electron chi connectivity index (χ2n) is 4.09. The van der Waals surface area contributed by atoms with E-state index >= 15 is 0 Å². The van der Waals surface area contributed by atoms with Gasteiger partial charge < -0.3 is 10.5 Å². The van der Waals surface area contributed by atoms with Gasteiger partial charge in [0.25, 0.3) is 5.91 Å². The molecular weight excluding hydrogens is 322 g/mol. The number of nitrogens with zero attached hydrogens (tertiary/aromatic N) is 1. The maximum absolute atomic E-state index is 11.8. The van der Waals surface area contributed by atoms with Crippen molar-refractivity contribution in [2.45, 2.75) is 4.90 Å². The molecule has 0 saturated heterocycles. The molecule has 0 aromatic heterocycles. The summed E-state index contributed by atoms with van der Waals surface area (Å²) in [6, 6.07) is 6.06. The highest BCUT2D eigenvalue weighted by molar-refractivity contribution is 7.94. The van der Waals surface area contributed by atoms with Gasteiger partial charge in [-0.3, -0.25) is 4.79 Å². The van der Waals surface area contributed by atoms with E-state index in [9.17, 15) is 18.4 Å². The molecule has 0 saturated carbocycles. The maximum atomic E-state index is 11.8. The number of benzene rings is 1. The Balaban J connectivity index is 2.60. The number of rotatable bonds is 7. The van der Waals surface area contributed by atoms with Gasteiger partial charge in [-0.2, -0.15) is 9.93 Å². The molecule has 9 nitrogen and oxygen atoms in total. The highest BCUT2D eigenvalue weighted by Crippen LogP contribution is 2.22. The highest BCUT2D eigenvalue weighted by Gasteiger charge is 2.11. The summed E-state index contributed by atoms with van der Waals surface area (Å²) in [6.45, 7) is -0.238. The summed E-state index contributed by atoms with van der Waals surface area (Å²) in [6.07, 6.45) is 0.973. The van der Waals surface area contributed by atoms with Gasteiger partial charge in [0.2, 0.25) is 10.0 Å². The van der Waals surface area contributed by atoms with Gasteiger partial charge in [-0.15, -0.1) is 0 Å². The summed E-state index contributed by atoms with van der Waals surface area (Å²) < 4.78 is 28.3. The number of sulfonamides is 1. The third-order valence-corrected chi connectivity index (χ3v) is 3.42. The maximum Gasteiger partial charge on any atom is 0.252 e. The molecule has 1 unspecified atom stereocenters. The molecule has 0 heterocycles. The number of carbonyl (C=O) groups excluding carboxylic acids is 1. The van der Waals surface area contributed by atoms with Crippen LogP contribution in [0.25, 0.3) is 0 Å².